The van der Waals surface area contributed by atoms with Crippen molar-refractivity contribution in [1.29, 1.82) is 5.26 Å². The number of aryl methyl sites for hydroxylation is 1. The summed E-state index contributed by atoms with van der Waals surface area (Å²) in [7, 11) is 0. The molecule has 4 aromatic rings. The molecule has 0 saturated carbocycles. The standard InChI is InChI=1S/C22H14F2N4O2S2/c1-12-19(13-2-6-15(23)7-3-13)17(10-25)21(32-12)26-18(29)11-31-22-28-27-20(30-22)14-4-8-16(24)9-5-14/h2-9H,11H2,1H3,(H,26,29). The molecule has 10 heteroatoms. The van der Waals surface area contributed by atoms with Gasteiger partial charge in [-0.3, -0.25) is 4.79 Å². The smallest absolute Gasteiger partial charge is 0.277 e. The summed E-state index contributed by atoms with van der Waals surface area (Å²) in [6.07, 6.45) is 0. The highest BCUT2D eigenvalue weighted by Crippen LogP contribution is 2.39. The molecule has 0 bridgehead atoms. The molecule has 0 saturated heterocycles. The average molecular weight is 469 g/mol. The summed E-state index contributed by atoms with van der Waals surface area (Å²) in [6, 6.07) is 13.6. The van der Waals surface area contributed by atoms with Crippen molar-refractivity contribution in [2.75, 3.05) is 11.1 Å². The summed E-state index contributed by atoms with van der Waals surface area (Å²) in [4.78, 5) is 13.3. The van der Waals surface area contributed by atoms with Gasteiger partial charge < -0.3 is 9.73 Å². The number of hydrogen-bond acceptors (Lipinski definition) is 7. The largest absolute Gasteiger partial charge is 0.411 e. The summed E-state index contributed by atoms with van der Waals surface area (Å²) >= 11 is 2.32. The number of anilines is 1. The van der Waals surface area contributed by atoms with Gasteiger partial charge in [0.25, 0.3) is 5.22 Å². The average Bonchev–Trinajstić information content (AvgIpc) is 3.37. The number of thioether (sulfide) groups is 1. The molecular formula is C22H14F2N4O2S2. The first-order chi connectivity index (χ1) is 15.4. The lowest BCUT2D eigenvalue weighted by Gasteiger charge is -2.03. The predicted octanol–water partition coefficient (Wildman–Crippen LogP) is 5.65. The SMILES string of the molecule is Cc1sc(NC(=O)CSc2nnc(-c3ccc(F)cc3)o2)c(C#N)c1-c1ccc(F)cc1. The number of hydrogen-bond donors (Lipinski definition) is 1. The third kappa shape index (κ3) is 4.69. The van der Waals surface area contributed by atoms with Gasteiger partial charge in [0.05, 0.1) is 11.3 Å². The summed E-state index contributed by atoms with van der Waals surface area (Å²) < 4.78 is 31.8. The van der Waals surface area contributed by atoms with Crippen LogP contribution in [0.1, 0.15) is 10.4 Å². The topological polar surface area (TPSA) is 91.8 Å². The lowest BCUT2D eigenvalue weighted by atomic mass is 10.0. The second-order valence-corrected chi connectivity index (χ2v) is 8.72. The van der Waals surface area contributed by atoms with E-state index in [2.05, 4.69) is 21.6 Å². The molecule has 0 unspecified atom stereocenters. The summed E-state index contributed by atoms with van der Waals surface area (Å²) in [5, 5.41) is 20.8. The van der Waals surface area contributed by atoms with Gasteiger partial charge in [-0.1, -0.05) is 23.9 Å². The molecule has 2 aromatic heterocycles. The third-order valence-electron chi connectivity index (χ3n) is 4.41. The van der Waals surface area contributed by atoms with E-state index in [0.717, 1.165) is 16.6 Å². The Balaban J connectivity index is 1.44. The zero-order valence-electron chi connectivity index (χ0n) is 16.6. The molecule has 0 fully saturated rings. The van der Waals surface area contributed by atoms with Crippen LogP contribution in [0.2, 0.25) is 0 Å². The van der Waals surface area contributed by atoms with E-state index in [4.69, 9.17) is 4.42 Å². The normalized spacial score (nSPS) is 10.7. The maximum Gasteiger partial charge on any atom is 0.277 e. The van der Waals surface area contributed by atoms with Crippen molar-refractivity contribution < 1.29 is 18.0 Å². The first-order valence-electron chi connectivity index (χ1n) is 9.26. The molecular weight excluding hydrogens is 454 g/mol. The Morgan fingerprint density at radius 1 is 1.09 bits per heavy atom. The van der Waals surface area contributed by atoms with Crippen molar-refractivity contribution in [3.8, 4) is 28.7 Å². The fraction of sp³-hybridized carbons (Fsp3) is 0.0909. The second kappa shape index (κ2) is 9.30. The Kier molecular flexibility index (Phi) is 6.30. The van der Waals surface area contributed by atoms with Crippen LogP contribution >= 0.6 is 23.1 Å². The van der Waals surface area contributed by atoms with Crippen LogP contribution < -0.4 is 5.32 Å². The number of nitriles is 1. The van der Waals surface area contributed by atoms with E-state index < -0.39 is 0 Å². The zero-order chi connectivity index (χ0) is 22.7. The van der Waals surface area contributed by atoms with E-state index in [-0.39, 0.29) is 34.4 Å². The van der Waals surface area contributed by atoms with Crippen LogP contribution in [-0.2, 0) is 4.79 Å². The highest BCUT2D eigenvalue weighted by atomic mass is 32.2. The quantitative estimate of drug-likeness (QED) is 0.368. The van der Waals surface area contributed by atoms with Gasteiger partial charge in [0.1, 0.15) is 22.7 Å². The molecule has 0 spiro atoms. The Morgan fingerprint density at radius 3 is 2.34 bits per heavy atom. The highest BCUT2D eigenvalue weighted by Gasteiger charge is 2.19. The molecule has 0 aliphatic carbocycles. The molecule has 4 rings (SSSR count). The van der Waals surface area contributed by atoms with E-state index in [1.165, 1.54) is 47.7 Å². The molecule has 32 heavy (non-hydrogen) atoms. The summed E-state index contributed by atoms with van der Waals surface area (Å²) in [5.41, 5.74) is 2.26. The van der Waals surface area contributed by atoms with Gasteiger partial charge in [-0.05, 0) is 48.9 Å². The van der Waals surface area contributed by atoms with Gasteiger partial charge >= 0.3 is 0 Å². The minimum Gasteiger partial charge on any atom is -0.411 e. The van der Waals surface area contributed by atoms with Crippen molar-refractivity contribution >= 4 is 34.0 Å². The van der Waals surface area contributed by atoms with E-state index >= 15 is 0 Å². The fourth-order valence-electron chi connectivity index (χ4n) is 2.97. The first kappa shape index (κ1) is 21.7. The molecule has 2 heterocycles. The molecule has 2 aromatic carbocycles. The van der Waals surface area contributed by atoms with Crippen molar-refractivity contribution in [2.24, 2.45) is 0 Å². The van der Waals surface area contributed by atoms with Crippen LogP contribution in [0.3, 0.4) is 0 Å². The Morgan fingerprint density at radius 2 is 1.72 bits per heavy atom. The van der Waals surface area contributed by atoms with Crippen LogP contribution in [0.5, 0.6) is 0 Å². The zero-order valence-corrected chi connectivity index (χ0v) is 18.2. The molecule has 0 aliphatic heterocycles. The number of thiophene rings is 1. The molecule has 1 amide bonds. The van der Waals surface area contributed by atoms with Crippen LogP contribution in [0.4, 0.5) is 13.8 Å². The summed E-state index contributed by atoms with van der Waals surface area (Å²) in [5.74, 6) is -0.881. The molecule has 0 aliphatic rings. The van der Waals surface area contributed by atoms with Gasteiger partial charge in [0, 0.05) is 16.0 Å². The van der Waals surface area contributed by atoms with Crippen LogP contribution in [0.25, 0.3) is 22.6 Å². The van der Waals surface area contributed by atoms with Crippen molar-refractivity contribution in [2.45, 2.75) is 12.1 Å². The minimum atomic E-state index is -0.373. The van der Waals surface area contributed by atoms with Crippen LogP contribution in [0, 0.1) is 29.9 Å². The molecule has 1 N–H and O–H groups in total. The molecule has 160 valence electrons. The van der Waals surface area contributed by atoms with Gasteiger partial charge in [0.2, 0.25) is 11.8 Å². The van der Waals surface area contributed by atoms with Crippen molar-refractivity contribution in [3.63, 3.8) is 0 Å². The number of halogens is 2. The number of carbonyl (C=O) groups excluding carboxylic acids is 1. The Labute approximate surface area is 189 Å². The highest BCUT2D eigenvalue weighted by molar-refractivity contribution is 7.99. The summed E-state index contributed by atoms with van der Waals surface area (Å²) in [6.45, 7) is 1.84. The molecule has 0 atom stereocenters. The lowest BCUT2D eigenvalue weighted by Crippen LogP contribution is -2.13. The Bertz CT molecular complexity index is 1310. The number of rotatable bonds is 6. The van der Waals surface area contributed by atoms with E-state index in [1.807, 2.05) is 6.92 Å². The number of amides is 1. The molecule has 0 radical (unpaired) electrons. The van der Waals surface area contributed by atoms with Gasteiger partial charge in [-0.15, -0.1) is 21.5 Å². The van der Waals surface area contributed by atoms with Crippen LogP contribution in [0.15, 0.2) is 58.2 Å². The third-order valence-corrected chi connectivity index (χ3v) is 6.25. The van der Waals surface area contributed by atoms with Gasteiger partial charge in [-0.2, -0.15) is 5.26 Å². The predicted molar refractivity (Wildman–Crippen MR) is 118 cm³/mol. The maximum atomic E-state index is 13.2. The lowest BCUT2D eigenvalue weighted by molar-refractivity contribution is -0.113. The minimum absolute atomic E-state index is 0.0151. The number of nitrogens with one attached hydrogen (secondary N) is 1. The first-order valence-corrected chi connectivity index (χ1v) is 11.1. The number of nitrogens with zero attached hydrogens (tertiary/aromatic N) is 3. The van der Waals surface area contributed by atoms with Gasteiger partial charge in [-0.25, -0.2) is 8.78 Å². The number of carbonyl (C=O) groups is 1. The van der Waals surface area contributed by atoms with Crippen molar-refractivity contribution in [3.05, 3.63) is 70.6 Å². The molecule has 6 nitrogen and oxygen atoms in total. The fourth-order valence-corrected chi connectivity index (χ4v) is 4.58. The Hall–Kier alpha value is -3.55. The van der Waals surface area contributed by atoms with Crippen LogP contribution in [-0.4, -0.2) is 21.9 Å². The number of benzene rings is 2. The van der Waals surface area contributed by atoms with E-state index in [0.29, 0.717) is 27.3 Å². The van der Waals surface area contributed by atoms with E-state index in [1.54, 1.807) is 12.1 Å². The maximum absolute atomic E-state index is 13.2. The second-order valence-electron chi connectivity index (χ2n) is 6.57. The van der Waals surface area contributed by atoms with Crippen molar-refractivity contribution in [1.82, 2.24) is 10.2 Å². The van der Waals surface area contributed by atoms with Gasteiger partial charge in [0.15, 0.2) is 0 Å². The monoisotopic (exact) mass is 468 g/mol. The number of aromatic nitrogens is 2. The van der Waals surface area contributed by atoms with E-state index in [9.17, 15) is 18.8 Å².